The van der Waals surface area contributed by atoms with Crippen molar-refractivity contribution in [3.63, 3.8) is 0 Å². The lowest BCUT2D eigenvalue weighted by molar-refractivity contribution is -0.274. The second kappa shape index (κ2) is 4.56. The summed E-state index contributed by atoms with van der Waals surface area (Å²) in [5.74, 6) is -0.249. The molecule has 0 bridgehead atoms. The van der Waals surface area contributed by atoms with Crippen LogP contribution < -0.4 is 4.74 Å². The Kier molecular flexibility index (Phi) is 2.85. The summed E-state index contributed by atoms with van der Waals surface area (Å²) in [6.45, 7) is 0. The average molecular weight is 278 g/mol. The fourth-order valence-electron chi connectivity index (χ4n) is 1.96. The van der Waals surface area contributed by atoms with Crippen molar-refractivity contribution in [3.8, 4) is 16.9 Å². The molecule has 0 aliphatic carbocycles. The number of ether oxygens (including phenoxy) is 1. The van der Waals surface area contributed by atoms with Crippen LogP contribution in [0.1, 0.15) is 0 Å². The van der Waals surface area contributed by atoms with Crippen LogP contribution in [-0.2, 0) is 0 Å². The van der Waals surface area contributed by atoms with E-state index in [1.807, 2.05) is 12.1 Å². The zero-order chi connectivity index (χ0) is 14.2. The zero-order valence-electron chi connectivity index (χ0n) is 10.1. The van der Waals surface area contributed by atoms with Gasteiger partial charge in [-0.3, -0.25) is 4.98 Å². The van der Waals surface area contributed by atoms with Crippen LogP contribution in [0.4, 0.5) is 13.2 Å². The van der Waals surface area contributed by atoms with Crippen molar-refractivity contribution >= 4 is 11.0 Å². The third kappa shape index (κ3) is 2.59. The molecule has 3 aromatic rings. The summed E-state index contributed by atoms with van der Waals surface area (Å²) in [6, 6.07) is 9.46. The minimum absolute atomic E-state index is 0.249. The van der Waals surface area contributed by atoms with Crippen molar-refractivity contribution in [2.75, 3.05) is 0 Å². The lowest BCUT2D eigenvalue weighted by Crippen LogP contribution is -2.17. The first-order chi connectivity index (χ1) is 9.51. The molecule has 0 radical (unpaired) electrons. The van der Waals surface area contributed by atoms with E-state index in [9.17, 15) is 13.2 Å². The minimum atomic E-state index is -4.69. The Morgan fingerprint density at radius 2 is 1.90 bits per heavy atom. The number of pyridine rings is 1. The number of hydrogen-bond acceptors (Lipinski definition) is 2. The lowest BCUT2D eigenvalue weighted by atomic mass is 10.1. The zero-order valence-corrected chi connectivity index (χ0v) is 10.1. The molecule has 0 saturated carbocycles. The highest BCUT2D eigenvalue weighted by atomic mass is 19.4. The van der Waals surface area contributed by atoms with Crippen molar-refractivity contribution in [1.82, 2.24) is 9.97 Å². The molecule has 0 aliphatic rings. The fourth-order valence-corrected chi connectivity index (χ4v) is 1.96. The third-order valence-corrected chi connectivity index (χ3v) is 2.80. The van der Waals surface area contributed by atoms with Crippen molar-refractivity contribution in [2.24, 2.45) is 0 Å². The molecule has 3 rings (SSSR count). The maximum atomic E-state index is 12.2. The van der Waals surface area contributed by atoms with Crippen LogP contribution in [0.2, 0.25) is 0 Å². The number of nitrogens with zero attached hydrogens (tertiary/aromatic N) is 1. The van der Waals surface area contributed by atoms with E-state index < -0.39 is 6.36 Å². The Hall–Kier alpha value is -2.50. The summed E-state index contributed by atoms with van der Waals surface area (Å²) < 4.78 is 40.5. The smallest absolute Gasteiger partial charge is 0.406 e. The Bertz CT molecular complexity index is 749. The number of aromatic amines is 1. The standard InChI is InChI=1S/C14H9F3N2O/c15-14(16,17)20-11-3-1-2-9(6-11)10-7-13-12(19-8-10)4-5-18-13/h1-8,18H. The van der Waals surface area contributed by atoms with Gasteiger partial charge in [-0.05, 0) is 29.8 Å². The Labute approximate surface area is 112 Å². The topological polar surface area (TPSA) is 37.9 Å². The van der Waals surface area contributed by atoms with Gasteiger partial charge in [0.05, 0.1) is 11.0 Å². The van der Waals surface area contributed by atoms with Gasteiger partial charge in [-0.1, -0.05) is 12.1 Å². The van der Waals surface area contributed by atoms with E-state index in [1.165, 1.54) is 18.2 Å². The van der Waals surface area contributed by atoms with E-state index in [4.69, 9.17) is 0 Å². The molecule has 0 aliphatic heterocycles. The molecule has 6 heteroatoms. The maximum absolute atomic E-state index is 12.2. The molecule has 0 spiro atoms. The highest BCUT2D eigenvalue weighted by Crippen LogP contribution is 2.28. The Balaban J connectivity index is 1.98. The molecule has 0 saturated heterocycles. The highest BCUT2D eigenvalue weighted by Gasteiger charge is 2.31. The summed E-state index contributed by atoms with van der Waals surface area (Å²) in [4.78, 5) is 7.24. The highest BCUT2D eigenvalue weighted by molar-refractivity contribution is 5.80. The van der Waals surface area contributed by atoms with Gasteiger partial charge in [0, 0.05) is 18.0 Å². The van der Waals surface area contributed by atoms with Gasteiger partial charge in [0.15, 0.2) is 0 Å². The summed E-state index contributed by atoms with van der Waals surface area (Å²) >= 11 is 0. The van der Waals surface area contributed by atoms with Crippen molar-refractivity contribution in [2.45, 2.75) is 6.36 Å². The Morgan fingerprint density at radius 3 is 2.70 bits per heavy atom. The molecule has 2 heterocycles. The van der Waals surface area contributed by atoms with E-state index >= 15 is 0 Å². The largest absolute Gasteiger partial charge is 0.573 e. The normalized spacial score (nSPS) is 11.8. The predicted molar refractivity (Wildman–Crippen MR) is 68.2 cm³/mol. The van der Waals surface area contributed by atoms with Gasteiger partial charge in [-0.25, -0.2) is 0 Å². The molecule has 1 aromatic carbocycles. The van der Waals surface area contributed by atoms with Gasteiger partial charge in [0.2, 0.25) is 0 Å². The quantitative estimate of drug-likeness (QED) is 0.765. The number of hydrogen-bond donors (Lipinski definition) is 1. The fraction of sp³-hybridized carbons (Fsp3) is 0.0714. The number of fused-ring (bicyclic) bond motifs is 1. The van der Waals surface area contributed by atoms with Crippen LogP contribution in [0.5, 0.6) is 5.75 Å². The summed E-state index contributed by atoms with van der Waals surface area (Å²) in [5, 5.41) is 0. The lowest BCUT2D eigenvalue weighted by Gasteiger charge is -2.10. The molecule has 2 aromatic heterocycles. The molecule has 1 N–H and O–H groups in total. The van der Waals surface area contributed by atoms with Gasteiger partial charge >= 0.3 is 6.36 Å². The van der Waals surface area contributed by atoms with E-state index in [-0.39, 0.29) is 5.75 Å². The second-order valence-electron chi connectivity index (χ2n) is 4.21. The first kappa shape index (κ1) is 12.5. The summed E-state index contributed by atoms with van der Waals surface area (Å²) in [7, 11) is 0. The molecule has 102 valence electrons. The van der Waals surface area contributed by atoms with E-state index in [1.54, 1.807) is 18.5 Å². The van der Waals surface area contributed by atoms with Crippen molar-refractivity contribution in [1.29, 1.82) is 0 Å². The van der Waals surface area contributed by atoms with E-state index in [2.05, 4.69) is 14.7 Å². The predicted octanol–water partition coefficient (Wildman–Crippen LogP) is 4.13. The first-order valence-corrected chi connectivity index (χ1v) is 5.81. The Morgan fingerprint density at radius 1 is 1.05 bits per heavy atom. The molecule has 0 fully saturated rings. The number of H-pyrrole nitrogens is 1. The number of benzene rings is 1. The van der Waals surface area contributed by atoms with Gasteiger partial charge in [-0.15, -0.1) is 13.2 Å². The molecule has 3 nitrogen and oxygen atoms in total. The number of alkyl halides is 3. The minimum Gasteiger partial charge on any atom is -0.406 e. The average Bonchev–Trinajstić information content (AvgIpc) is 2.84. The third-order valence-electron chi connectivity index (χ3n) is 2.80. The van der Waals surface area contributed by atoms with Gasteiger partial charge in [0.1, 0.15) is 5.75 Å². The van der Waals surface area contributed by atoms with Gasteiger partial charge in [-0.2, -0.15) is 0 Å². The van der Waals surface area contributed by atoms with Crippen LogP contribution in [0, 0.1) is 0 Å². The number of aromatic nitrogens is 2. The number of rotatable bonds is 2. The van der Waals surface area contributed by atoms with Crippen molar-refractivity contribution < 1.29 is 17.9 Å². The molecular formula is C14H9F3N2O. The maximum Gasteiger partial charge on any atom is 0.573 e. The van der Waals surface area contributed by atoms with E-state index in [0.717, 1.165) is 11.0 Å². The van der Waals surface area contributed by atoms with E-state index in [0.29, 0.717) is 11.1 Å². The van der Waals surface area contributed by atoms with Crippen LogP contribution in [0.15, 0.2) is 48.8 Å². The number of nitrogens with one attached hydrogen (secondary N) is 1. The molecule has 0 unspecified atom stereocenters. The van der Waals surface area contributed by atoms with Crippen molar-refractivity contribution in [3.05, 3.63) is 48.8 Å². The van der Waals surface area contributed by atoms with Crippen LogP contribution in [0.25, 0.3) is 22.2 Å². The molecule has 0 amide bonds. The SMILES string of the molecule is FC(F)(F)Oc1cccc(-c2cnc3cc[nH]c3c2)c1. The van der Waals surface area contributed by atoms with Gasteiger partial charge in [0.25, 0.3) is 0 Å². The first-order valence-electron chi connectivity index (χ1n) is 5.81. The number of halogens is 3. The molecule has 20 heavy (non-hydrogen) atoms. The summed E-state index contributed by atoms with van der Waals surface area (Å²) in [5.41, 5.74) is 2.95. The second-order valence-corrected chi connectivity index (χ2v) is 4.21. The van der Waals surface area contributed by atoms with Crippen LogP contribution in [-0.4, -0.2) is 16.3 Å². The monoisotopic (exact) mass is 278 g/mol. The molecule has 0 atom stereocenters. The van der Waals surface area contributed by atoms with Crippen LogP contribution in [0.3, 0.4) is 0 Å². The van der Waals surface area contributed by atoms with Crippen LogP contribution >= 0.6 is 0 Å². The molecular weight excluding hydrogens is 269 g/mol. The summed E-state index contributed by atoms with van der Waals surface area (Å²) in [6.07, 6.45) is -1.33. The van der Waals surface area contributed by atoms with Gasteiger partial charge < -0.3 is 9.72 Å².